The molecule has 0 fully saturated rings. The standard InChI is InChI=1S/C18H18N4O/c19-17-16(18(23)20-13-14-7-3-1-4-8-14)11-12-22(21-17)15-9-5-2-6-10-15/h1-12,16H,13H2,(H2,19,21)(H,20,23). The van der Waals surface area contributed by atoms with Crippen molar-refractivity contribution < 1.29 is 4.79 Å². The lowest BCUT2D eigenvalue weighted by atomic mass is 10.1. The number of rotatable bonds is 4. The summed E-state index contributed by atoms with van der Waals surface area (Å²) in [5.41, 5.74) is 7.91. The molecule has 0 aromatic heterocycles. The summed E-state index contributed by atoms with van der Waals surface area (Å²) in [4.78, 5) is 12.3. The Labute approximate surface area is 135 Å². The number of nitrogens with zero attached hydrogens (tertiary/aromatic N) is 2. The number of carbonyl (C=O) groups excluding carboxylic acids is 1. The summed E-state index contributed by atoms with van der Waals surface area (Å²) in [6, 6.07) is 19.4. The van der Waals surface area contributed by atoms with Gasteiger partial charge in [0.05, 0.1) is 5.69 Å². The number of amides is 1. The van der Waals surface area contributed by atoms with Gasteiger partial charge in [-0.1, -0.05) is 48.5 Å². The van der Waals surface area contributed by atoms with Crippen LogP contribution in [0.1, 0.15) is 5.56 Å². The van der Waals surface area contributed by atoms with Crippen molar-refractivity contribution in [2.75, 3.05) is 5.01 Å². The maximum Gasteiger partial charge on any atom is 0.234 e. The van der Waals surface area contributed by atoms with E-state index in [1.165, 1.54) is 0 Å². The van der Waals surface area contributed by atoms with Crippen LogP contribution in [0.4, 0.5) is 5.69 Å². The summed E-state index contributed by atoms with van der Waals surface area (Å²) >= 11 is 0. The molecule has 116 valence electrons. The molecule has 1 heterocycles. The average Bonchev–Trinajstić information content (AvgIpc) is 2.61. The molecule has 1 aliphatic heterocycles. The third-order valence-corrected chi connectivity index (χ3v) is 3.57. The van der Waals surface area contributed by atoms with Crippen molar-refractivity contribution in [3.63, 3.8) is 0 Å². The Kier molecular flexibility index (Phi) is 4.38. The molecule has 3 N–H and O–H groups in total. The van der Waals surface area contributed by atoms with Crippen LogP contribution in [0.3, 0.4) is 0 Å². The fraction of sp³-hybridized carbons (Fsp3) is 0.111. The van der Waals surface area contributed by atoms with Gasteiger partial charge in [-0.05, 0) is 23.8 Å². The van der Waals surface area contributed by atoms with Crippen LogP contribution in [-0.2, 0) is 11.3 Å². The molecule has 1 unspecified atom stereocenters. The molecule has 0 spiro atoms. The maximum atomic E-state index is 12.3. The minimum atomic E-state index is -0.543. The Bertz CT molecular complexity index is 725. The summed E-state index contributed by atoms with van der Waals surface area (Å²) in [6.45, 7) is 0.472. The highest BCUT2D eigenvalue weighted by Gasteiger charge is 2.23. The number of nitrogens with two attached hydrogens (primary N) is 1. The summed E-state index contributed by atoms with van der Waals surface area (Å²) in [6.07, 6.45) is 3.52. The Balaban J connectivity index is 1.63. The van der Waals surface area contributed by atoms with Crippen molar-refractivity contribution in [3.8, 4) is 0 Å². The van der Waals surface area contributed by atoms with Crippen LogP contribution in [0.2, 0.25) is 0 Å². The molecule has 5 heteroatoms. The highest BCUT2D eigenvalue weighted by molar-refractivity contribution is 6.05. The molecule has 3 rings (SSSR count). The molecule has 1 atom stereocenters. The van der Waals surface area contributed by atoms with Gasteiger partial charge in [0.1, 0.15) is 11.8 Å². The van der Waals surface area contributed by atoms with Gasteiger partial charge in [0, 0.05) is 12.7 Å². The zero-order valence-electron chi connectivity index (χ0n) is 12.6. The van der Waals surface area contributed by atoms with Gasteiger partial charge in [-0.2, -0.15) is 5.10 Å². The van der Waals surface area contributed by atoms with E-state index in [-0.39, 0.29) is 11.7 Å². The number of hydrogen-bond donors (Lipinski definition) is 2. The van der Waals surface area contributed by atoms with E-state index in [0.717, 1.165) is 11.3 Å². The second kappa shape index (κ2) is 6.79. The van der Waals surface area contributed by atoms with Crippen LogP contribution in [0.25, 0.3) is 0 Å². The number of hydrogen-bond acceptors (Lipinski definition) is 4. The van der Waals surface area contributed by atoms with Gasteiger partial charge in [0.25, 0.3) is 0 Å². The quantitative estimate of drug-likeness (QED) is 0.910. The molecule has 0 saturated heterocycles. The number of nitrogens with one attached hydrogen (secondary N) is 1. The van der Waals surface area contributed by atoms with E-state index in [0.29, 0.717) is 6.54 Å². The van der Waals surface area contributed by atoms with Gasteiger partial charge in [0.15, 0.2) is 0 Å². The Morgan fingerprint density at radius 3 is 2.39 bits per heavy atom. The Morgan fingerprint density at radius 2 is 1.74 bits per heavy atom. The minimum absolute atomic E-state index is 0.154. The van der Waals surface area contributed by atoms with Crippen LogP contribution < -0.4 is 16.1 Å². The van der Waals surface area contributed by atoms with E-state index in [1.807, 2.05) is 60.7 Å². The summed E-state index contributed by atoms with van der Waals surface area (Å²) in [5.74, 6) is -0.417. The molecular weight excluding hydrogens is 288 g/mol. The predicted molar refractivity (Wildman–Crippen MR) is 91.5 cm³/mol. The van der Waals surface area contributed by atoms with E-state index >= 15 is 0 Å². The van der Waals surface area contributed by atoms with Gasteiger partial charge >= 0.3 is 0 Å². The van der Waals surface area contributed by atoms with E-state index in [1.54, 1.807) is 17.3 Å². The lowest BCUT2D eigenvalue weighted by Crippen LogP contribution is -2.40. The first kappa shape index (κ1) is 14.8. The van der Waals surface area contributed by atoms with Crippen molar-refractivity contribution in [2.45, 2.75) is 6.54 Å². The van der Waals surface area contributed by atoms with Crippen LogP contribution in [0.5, 0.6) is 0 Å². The lowest BCUT2D eigenvalue weighted by Gasteiger charge is -2.23. The largest absolute Gasteiger partial charge is 0.385 e. The molecule has 0 saturated carbocycles. The number of hydrazone groups is 1. The molecule has 2 aromatic carbocycles. The third-order valence-electron chi connectivity index (χ3n) is 3.57. The topological polar surface area (TPSA) is 70.7 Å². The number of amidine groups is 1. The molecule has 5 nitrogen and oxygen atoms in total. The zero-order valence-corrected chi connectivity index (χ0v) is 12.6. The average molecular weight is 306 g/mol. The highest BCUT2D eigenvalue weighted by Crippen LogP contribution is 2.18. The number of para-hydroxylation sites is 1. The first-order valence-electron chi connectivity index (χ1n) is 7.42. The minimum Gasteiger partial charge on any atom is -0.385 e. The first-order valence-corrected chi connectivity index (χ1v) is 7.42. The first-order chi connectivity index (χ1) is 11.2. The van der Waals surface area contributed by atoms with Crippen LogP contribution >= 0.6 is 0 Å². The second-order valence-electron chi connectivity index (χ2n) is 5.23. The Hall–Kier alpha value is -3.08. The van der Waals surface area contributed by atoms with E-state index < -0.39 is 5.92 Å². The molecule has 0 radical (unpaired) electrons. The van der Waals surface area contributed by atoms with Gasteiger partial charge < -0.3 is 11.1 Å². The number of anilines is 1. The lowest BCUT2D eigenvalue weighted by molar-refractivity contribution is -0.122. The smallest absolute Gasteiger partial charge is 0.234 e. The molecule has 2 aromatic rings. The van der Waals surface area contributed by atoms with Crippen molar-refractivity contribution in [2.24, 2.45) is 16.8 Å². The predicted octanol–water partition coefficient (Wildman–Crippen LogP) is 2.23. The summed E-state index contributed by atoms with van der Waals surface area (Å²) in [7, 11) is 0. The molecule has 1 aliphatic rings. The third kappa shape index (κ3) is 3.58. The summed E-state index contributed by atoms with van der Waals surface area (Å²) in [5, 5.41) is 8.84. The highest BCUT2D eigenvalue weighted by atomic mass is 16.1. The van der Waals surface area contributed by atoms with Crippen molar-refractivity contribution in [1.82, 2.24) is 5.32 Å². The fourth-order valence-electron chi connectivity index (χ4n) is 2.33. The SMILES string of the molecule is NC1=NN(c2ccccc2)C=CC1C(=O)NCc1ccccc1. The van der Waals surface area contributed by atoms with E-state index in [4.69, 9.17) is 5.73 Å². The fourth-order valence-corrected chi connectivity index (χ4v) is 2.33. The van der Waals surface area contributed by atoms with Crippen molar-refractivity contribution >= 4 is 17.4 Å². The van der Waals surface area contributed by atoms with Crippen molar-refractivity contribution in [3.05, 3.63) is 78.5 Å². The number of carbonyl (C=O) groups is 1. The Morgan fingerprint density at radius 1 is 1.09 bits per heavy atom. The normalized spacial score (nSPS) is 16.8. The monoisotopic (exact) mass is 306 g/mol. The van der Waals surface area contributed by atoms with Gasteiger partial charge in [-0.25, -0.2) is 5.01 Å². The van der Waals surface area contributed by atoms with Crippen LogP contribution in [0.15, 0.2) is 78.0 Å². The van der Waals surface area contributed by atoms with Crippen LogP contribution in [0, 0.1) is 5.92 Å². The van der Waals surface area contributed by atoms with Gasteiger partial charge in [-0.3, -0.25) is 4.79 Å². The summed E-state index contributed by atoms with van der Waals surface area (Å²) < 4.78 is 0. The maximum absolute atomic E-state index is 12.3. The number of benzene rings is 2. The second-order valence-corrected chi connectivity index (χ2v) is 5.23. The van der Waals surface area contributed by atoms with Crippen molar-refractivity contribution in [1.29, 1.82) is 0 Å². The zero-order chi connectivity index (χ0) is 16.1. The van der Waals surface area contributed by atoms with Gasteiger partial charge in [-0.15, -0.1) is 0 Å². The molecular formula is C18H18N4O. The molecule has 0 bridgehead atoms. The van der Waals surface area contributed by atoms with Crippen LogP contribution in [-0.4, -0.2) is 11.7 Å². The molecule has 1 amide bonds. The van der Waals surface area contributed by atoms with E-state index in [2.05, 4.69) is 10.4 Å². The van der Waals surface area contributed by atoms with Gasteiger partial charge in [0.2, 0.25) is 5.91 Å². The van der Waals surface area contributed by atoms with E-state index in [9.17, 15) is 4.79 Å². The molecule has 0 aliphatic carbocycles. The molecule has 23 heavy (non-hydrogen) atoms.